The van der Waals surface area contributed by atoms with Crippen molar-refractivity contribution < 1.29 is 18.7 Å². The summed E-state index contributed by atoms with van der Waals surface area (Å²) in [5.41, 5.74) is 2.70. The molecule has 3 atom stereocenters. The normalized spacial score (nSPS) is 17.7. The van der Waals surface area contributed by atoms with Crippen LogP contribution in [-0.4, -0.2) is 18.9 Å². The molecule has 4 rings (SSSR count). The molecule has 0 radical (unpaired) electrons. The van der Waals surface area contributed by atoms with Crippen molar-refractivity contribution in [2.45, 2.75) is 32.2 Å². The van der Waals surface area contributed by atoms with Gasteiger partial charge in [-0.15, -0.1) is 0 Å². The molecule has 0 saturated heterocycles. The summed E-state index contributed by atoms with van der Waals surface area (Å²) in [5.74, 6) is -0.542. The number of halogens is 1. The van der Waals surface area contributed by atoms with Gasteiger partial charge in [-0.05, 0) is 55.5 Å². The van der Waals surface area contributed by atoms with Gasteiger partial charge in [-0.25, -0.2) is 4.39 Å². The number of para-hydroxylation sites is 1. The number of benzene rings is 3. The maximum Gasteiger partial charge on any atom is 0.251 e. The van der Waals surface area contributed by atoms with Crippen LogP contribution >= 0.6 is 0 Å². The fourth-order valence-electron chi connectivity index (χ4n) is 4.07. The van der Waals surface area contributed by atoms with Crippen LogP contribution in [0, 0.1) is 18.7 Å². The molecule has 1 aliphatic carbocycles. The van der Waals surface area contributed by atoms with Crippen LogP contribution in [0.3, 0.4) is 0 Å². The van der Waals surface area contributed by atoms with E-state index in [0.717, 1.165) is 16.9 Å². The van der Waals surface area contributed by atoms with Gasteiger partial charge in [-0.3, -0.25) is 9.59 Å². The van der Waals surface area contributed by atoms with Crippen molar-refractivity contribution in [2.75, 3.05) is 12.4 Å². The minimum atomic E-state index is -0.539. The molecule has 3 unspecified atom stereocenters. The Kier molecular flexibility index (Phi) is 6.45. The van der Waals surface area contributed by atoms with Crippen molar-refractivity contribution in [1.82, 2.24) is 5.32 Å². The molecule has 0 heterocycles. The first-order valence-corrected chi connectivity index (χ1v) is 11.0. The van der Waals surface area contributed by atoms with Crippen LogP contribution in [0.1, 0.15) is 52.4 Å². The van der Waals surface area contributed by atoms with E-state index in [-0.39, 0.29) is 29.3 Å². The minimum Gasteiger partial charge on any atom is -0.496 e. The summed E-state index contributed by atoms with van der Waals surface area (Å²) >= 11 is 0. The summed E-state index contributed by atoms with van der Waals surface area (Å²) in [6.45, 7) is 3.45. The van der Waals surface area contributed by atoms with Crippen molar-refractivity contribution in [3.63, 3.8) is 0 Å². The highest BCUT2D eigenvalue weighted by Gasteiger charge is 2.45. The van der Waals surface area contributed by atoms with E-state index in [0.29, 0.717) is 17.7 Å². The van der Waals surface area contributed by atoms with E-state index in [4.69, 9.17) is 4.74 Å². The molecule has 3 aromatic rings. The molecule has 0 bridgehead atoms. The topological polar surface area (TPSA) is 67.4 Å². The second-order valence-corrected chi connectivity index (χ2v) is 8.42. The summed E-state index contributed by atoms with van der Waals surface area (Å²) < 4.78 is 20.0. The lowest BCUT2D eigenvalue weighted by Gasteiger charge is -2.16. The third-order valence-electron chi connectivity index (χ3n) is 6.18. The zero-order valence-corrected chi connectivity index (χ0v) is 18.9. The number of carbonyl (C=O) groups excluding carboxylic acids is 2. The van der Waals surface area contributed by atoms with Gasteiger partial charge in [0.15, 0.2) is 0 Å². The van der Waals surface area contributed by atoms with E-state index in [1.807, 2.05) is 61.5 Å². The molecule has 5 nitrogen and oxygen atoms in total. The summed E-state index contributed by atoms with van der Waals surface area (Å²) in [6, 6.07) is 19.7. The highest BCUT2D eigenvalue weighted by molar-refractivity contribution is 5.99. The maximum absolute atomic E-state index is 14.6. The van der Waals surface area contributed by atoms with Crippen LogP contribution < -0.4 is 15.4 Å². The molecule has 0 aromatic heterocycles. The number of carbonyl (C=O) groups is 2. The number of ether oxygens (including phenoxy) is 1. The van der Waals surface area contributed by atoms with E-state index >= 15 is 0 Å². The monoisotopic (exact) mass is 446 g/mol. The van der Waals surface area contributed by atoms with Crippen molar-refractivity contribution in [3.8, 4) is 5.75 Å². The molecule has 1 saturated carbocycles. The van der Waals surface area contributed by atoms with Crippen LogP contribution in [-0.2, 0) is 4.79 Å². The van der Waals surface area contributed by atoms with E-state index < -0.39 is 11.7 Å². The van der Waals surface area contributed by atoms with Gasteiger partial charge in [0.2, 0.25) is 5.91 Å². The third-order valence-corrected chi connectivity index (χ3v) is 6.18. The van der Waals surface area contributed by atoms with Gasteiger partial charge in [0.25, 0.3) is 5.91 Å². The van der Waals surface area contributed by atoms with Gasteiger partial charge in [-0.2, -0.15) is 0 Å². The Bertz CT molecular complexity index is 1180. The van der Waals surface area contributed by atoms with Crippen LogP contribution in [0.5, 0.6) is 5.75 Å². The van der Waals surface area contributed by atoms with Crippen molar-refractivity contribution in [1.29, 1.82) is 0 Å². The van der Waals surface area contributed by atoms with Crippen LogP contribution in [0.15, 0.2) is 66.7 Å². The summed E-state index contributed by atoms with van der Waals surface area (Å²) in [7, 11) is 1.61. The van der Waals surface area contributed by atoms with E-state index in [9.17, 15) is 14.0 Å². The quantitative estimate of drug-likeness (QED) is 0.512. The lowest BCUT2D eigenvalue weighted by atomic mass is 10.1. The Morgan fingerprint density at radius 1 is 1.06 bits per heavy atom. The maximum atomic E-state index is 14.6. The molecule has 2 amide bonds. The second-order valence-electron chi connectivity index (χ2n) is 8.42. The van der Waals surface area contributed by atoms with Gasteiger partial charge < -0.3 is 15.4 Å². The van der Waals surface area contributed by atoms with Gasteiger partial charge in [0.1, 0.15) is 11.6 Å². The fourth-order valence-corrected chi connectivity index (χ4v) is 4.07. The largest absolute Gasteiger partial charge is 0.496 e. The fraction of sp³-hybridized carbons (Fsp3) is 0.259. The smallest absolute Gasteiger partial charge is 0.251 e. The summed E-state index contributed by atoms with van der Waals surface area (Å²) in [5, 5.41) is 5.71. The minimum absolute atomic E-state index is 0.0597. The lowest BCUT2D eigenvalue weighted by molar-refractivity contribution is -0.117. The molecule has 2 N–H and O–H groups in total. The third kappa shape index (κ3) is 4.90. The number of nitrogens with one attached hydrogen (secondary N) is 2. The first kappa shape index (κ1) is 22.5. The SMILES string of the molecule is COc1ccccc1C1CC1C(=O)Nc1cc(C(=O)NC(C)c2ccccc2)cc(F)c1C. The summed E-state index contributed by atoms with van der Waals surface area (Å²) in [6.07, 6.45) is 0.697. The van der Waals surface area contributed by atoms with E-state index in [2.05, 4.69) is 10.6 Å². The summed E-state index contributed by atoms with van der Waals surface area (Å²) in [4.78, 5) is 25.7. The lowest BCUT2D eigenvalue weighted by Crippen LogP contribution is -2.27. The van der Waals surface area contributed by atoms with Crippen molar-refractivity contribution in [3.05, 3.63) is 94.8 Å². The van der Waals surface area contributed by atoms with Crippen molar-refractivity contribution >= 4 is 17.5 Å². The number of amides is 2. The molecule has 33 heavy (non-hydrogen) atoms. The molecular weight excluding hydrogens is 419 g/mol. The predicted octanol–water partition coefficient (Wildman–Crippen LogP) is 5.38. The van der Waals surface area contributed by atoms with Gasteiger partial charge >= 0.3 is 0 Å². The Morgan fingerprint density at radius 3 is 2.48 bits per heavy atom. The van der Waals surface area contributed by atoms with E-state index in [1.54, 1.807) is 14.0 Å². The van der Waals surface area contributed by atoms with Crippen LogP contribution in [0.4, 0.5) is 10.1 Å². The molecular formula is C27H27FN2O3. The number of methoxy groups -OCH3 is 1. The molecule has 3 aromatic carbocycles. The molecule has 1 aliphatic rings. The van der Waals surface area contributed by atoms with Gasteiger partial charge in [0, 0.05) is 22.7 Å². The molecule has 0 spiro atoms. The standard InChI is InChI=1S/C27H27FN2O3/c1-16-23(28)13-19(26(31)29-17(2)18-9-5-4-6-10-18)14-24(16)30-27(32)22-15-21(22)20-11-7-8-12-25(20)33-3/h4-14,17,21-22H,15H2,1-3H3,(H,29,31)(H,30,32). The molecule has 6 heteroatoms. The first-order valence-electron chi connectivity index (χ1n) is 11.0. The average Bonchev–Trinajstić information content (AvgIpc) is 3.63. The second kappa shape index (κ2) is 9.45. The van der Waals surface area contributed by atoms with Crippen LogP contribution in [0.25, 0.3) is 0 Å². The predicted molar refractivity (Wildman–Crippen MR) is 126 cm³/mol. The van der Waals surface area contributed by atoms with Gasteiger partial charge in [0.05, 0.1) is 13.2 Å². The Morgan fingerprint density at radius 2 is 1.76 bits per heavy atom. The highest BCUT2D eigenvalue weighted by Crippen LogP contribution is 2.50. The first-order chi connectivity index (χ1) is 15.9. The van der Waals surface area contributed by atoms with Gasteiger partial charge in [-0.1, -0.05) is 48.5 Å². The molecule has 0 aliphatic heterocycles. The highest BCUT2D eigenvalue weighted by atomic mass is 19.1. The number of rotatable bonds is 7. The molecule has 170 valence electrons. The number of hydrogen-bond donors (Lipinski definition) is 2. The number of anilines is 1. The Hall–Kier alpha value is -3.67. The number of hydrogen-bond acceptors (Lipinski definition) is 3. The Balaban J connectivity index is 1.47. The zero-order valence-electron chi connectivity index (χ0n) is 18.9. The average molecular weight is 447 g/mol. The van der Waals surface area contributed by atoms with E-state index in [1.165, 1.54) is 12.1 Å². The zero-order chi connectivity index (χ0) is 23.5. The van der Waals surface area contributed by atoms with Crippen molar-refractivity contribution in [2.24, 2.45) is 5.92 Å². The van der Waals surface area contributed by atoms with Crippen LogP contribution in [0.2, 0.25) is 0 Å². The Labute approximate surface area is 193 Å². The molecule has 1 fully saturated rings.